The van der Waals surface area contributed by atoms with E-state index in [1.54, 1.807) is 24.3 Å². The van der Waals surface area contributed by atoms with Gasteiger partial charge in [0.05, 0.1) is 5.56 Å². The number of carboxylic acids is 1. The maximum atomic E-state index is 10.6. The van der Waals surface area contributed by atoms with Gasteiger partial charge < -0.3 is 10.8 Å². The number of nitrogens with two attached hydrogens (primary N) is 1. The van der Waals surface area contributed by atoms with Crippen molar-refractivity contribution < 1.29 is 9.90 Å². The average molecular weight is 211 g/mol. The molecule has 1 atom stereocenters. The van der Waals surface area contributed by atoms with Gasteiger partial charge in [-0.05, 0) is 24.1 Å². The van der Waals surface area contributed by atoms with E-state index in [1.165, 1.54) is 0 Å². The van der Waals surface area contributed by atoms with Gasteiger partial charge >= 0.3 is 5.97 Å². The van der Waals surface area contributed by atoms with Gasteiger partial charge in [-0.25, -0.2) is 4.79 Å². The van der Waals surface area contributed by atoms with Gasteiger partial charge in [-0.1, -0.05) is 12.1 Å². The summed E-state index contributed by atoms with van der Waals surface area (Å²) >= 11 is 4.08. The summed E-state index contributed by atoms with van der Waals surface area (Å²) in [4.78, 5) is 10.6. The fourth-order valence-electron chi connectivity index (χ4n) is 1.15. The third-order valence-corrected chi connectivity index (χ3v) is 2.40. The minimum Gasteiger partial charge on any atom is -0.478 e. The van der Waals surface area contributed by atoms with Crippen LogP contribution >= 0.6 is 12.6 Å². The number of aromatic carboxylic acids is 1. The van der Waals surface area contributed by atoms with E-state index < -0.39 is 5.97 Å². The molecule has 0 aliphatic heterocycles. The monoisotopic (exact) mass is 211 g/mol. The molecule has 0 saturated heterocycles. The second-order valence-electron chi connectivity index (χ2n) is 3.15. The molecule has 3 N–H and O–H groups in total. The lowest BCUT2D eigenvalue weighted by Crippen LogP contribution is -2.24. The Kier molecular flexibility index (Phi) is 3.98. The molecule has 0 spiro atoms. The van der Waals surface area contributed by atoms with E-state index in [4.69, 9.17) is 10.8 Å². The molecule has 3 nitrogen and oxygen atoms in total. The van der Waals surface area contributed by atoms with Gasteiger partial charge in [-0.3, -0.25) is 0 Å². The first-order valence-electron chi connectivity index (χ1n) is 4.32. The standard InChI is InChI=1S/C10H13NO2S/c11-9(6-14)5-7-1-3-8(4-2-7)10(12)13/h1-4,9,14H,5-6,11H2,(H,12,13)/t9-/m0/s1. The summed E-state index contributed by atoms with van der Waals surface area (Å²) in [6.07, 6.45) is 0.726. The lowest BCUT2D eigenvalue weighted by molar-refractivity contribution is 0.0697. The molecular weight excluding hydrogens is 198 g/mol. The molecule has 1 aromatic rings. The molecule has 0 heterocycles. The fraction of sp³-hybridized carbons (Fsp3) is 0.300. The Morgan fingerprint density at radius 1 is 1.43 bits per heavy atom. The number of hydrogen-bond donors (Lipinski definition) is 3. The molecule has 0 unspecified atom stereocenters. The first-order chi connectivity index (χ1) is 6.63. The molecule has 1 rings (SSSR count). The van der Waals surface area contributed by atoms with Crippen LogP contribution in [0.1, 0.15) is 15.9 Å². The highest BCUT2D eigenvalue weighted by molar-refractivity contribution is 7.80. The molecule has 14 heavy (non-hydrogen) atoms. The smallest absolute Gasteiger partial charge is 0.335 e. The van der Waals surface area contributed by atoms with Crippen LogP contribution in [-0.4, -0.2) is 22.9 Å². The molecule has 0 saturated carbocycles. The Hall–Kier alpha value is -1.00. The van der Waals surface area contributed by atoms with Crippen LogP contribution in [0.4, 0.5) is 0 Å². The predicted octanol–water partition coefficient (Wildman–Crippen LogP) is 1.18. The van der Waals surface area contributed by atoms with Gasteiger partial charge in [-0.15, -0.1) is 0 Å². The molecule has 0 radical (unpaired) electrons. The highest BCUT2D eigenvalue weighted by Gasteiger charge is 2.04. The zero-order valence-corrected chi connectivity index (χ0v) is 8.58. The van der Waals surface area contributed by atoms with E-state index >= 15 is 0 Å². The minimum atomic E-state index is -0.907. The van der Waals surface area contributed by atoms with Crippen molar-refractivity contribution in [1.29, 1.82) is 0 Å². The molecule has 0 amide bonds. The van der Waals surface area contributed by atoms with Gasteiger partial charge in [0.25, 0.3) is 0 Å². The van der Waals surface area contributed by atoms with Crippen molar-refractivity contribution in [3.05, 3.63) is 35.4 Å². The fourth-order valence-corrected chi connectivity index (χ4v) is 1.28. The summed E-state index contributed by atoms with van der Waals surface area (Å²) in [6.45, 7) is 0. The molecule has 0 bridgehead atoms. The second-order valence-corrected chi connectivity index (χ2v) is 3.51. The van der Waals surface area contributed by atoms with Gasteiger partial charge in [0.1, 0.15) is 0 Å². The Morgan fingerprint density at radius 2 is 2.00 bits per heavy atom. The van der Waals surface area contributed by atoms with E-state index in [2.05, 4.69) is 12.6 Å². The first kappa shape index (κ1) is 11.1. The largest absolute Gasteiger partial charge is 0.478 e. The third kappa shape index (κ3) is 3.05. The summed E-state index contributed by atoms with van der Waals surface area (Å²) in [5.41, 5.74) is 7.05. The average Bonchev–Trinajstić information content (AvgIpc) is 2.18. The number of carbonyl (C=O) groups is 1. The van der Waals surface area contributed by atoms with Crippen molar-refractivity contribution in [2.24, 2.45) is 5.73 Å². The van der Waals surface area contributed by atoms with Crippen LogP contribution in [0, 0.1) is 0 Å². The van der Waals surface area contributed by atoms with Crippen molar-refractivity contribution in [2.45, 2.75) is 12.5 Å². The highest BCUT2D eigenvalue weighted by atomic mass is 32.1. The second kappa shape index (κ2) is 5.02. The molecular formula is C10H13NO2S. The molecule has 0 fully saturated rings. The van der Waals surface area contributed by atoms with Crippen molar-refractivity contribution in [3.8, 4) is 0 Å². The van der Waals surface area contributed by atoms with Crippen LogP contribution in [0.15, 0.2) is 24.3 Å². The van der Waals surface area contributed by atoms with Crippen molar-refractivity contribution in [2.75, 3.05) is 5.75 Å². The molecule has 76 valence electrons. The Morgan fingerprint density at radius 3 is 2.43 bits per heavy atom. The van der Waals surface area contributed by atoms with Gasteiger partial charge in [0.15, 0.2) is 0 Å². The number of thiol groups is 1. The van der Waals surface area contributed by atoms with Crippen LogP contribution < -0.4 is 5.73 Å². The van der Waals surface area contributed by atoms with Gasteiger partial charge in [0, 0.05) is 11.8 Å². The van der Waals surface area contributed by atoms with Gasteiger partial charge in [-0.2, -0.15) is 12.6 Å². The molecule has 0 aromatic heterocycles. The van der Waals surface area contributed by atoms with Crippen LogP contribution in [0.25, 0.3) is 0 Å². The molecule has 0 aliphatic rings. The lowest BCUT2D eigenvalue weighted by Gasteiger charge is -2.07. The van der Waals surface area contributed by atoms with Crippen molar-refractivity contribution >= 4 is 18.6 Å². The van der Waals surface area contributed by atoms with Crippen molar-refractivity contribution in [3.63, 3.8) is 0 Å². The van der Waals surface area contributed by atoms with E-state index in [9.17, 15) is 4.79 Å². The molecule has 0 aliphatic carbocycles. The van der Waals surface area contributed by atoms with Crippen molar-refractivity contribution in [1.82, 2.24) is 0 Å². The van der Waals surface area contributed by atoms with Crippen LogP contribution in [0.2, 0.25) is 0 Å². The quantitative estimate of drug-likeness (QED) is 0.655. The topological polar surface area (TPSA) is 63.3 Å². The number of carboxylic acid groups (broad SMARTS) is 1. The number of rotatable bonds is 4. The Balaban J connectivity index is 2.68. The van der Waals surface area contributed by atoms with Crippen LogP contribution in [0.5, 0.6) is 0 Å². The van der Waals surface area contributed by atoms with Crippen LogP contribution in [0.3, 0.4) is 0 Å². The minimum absolute atomic E-state index is 0.0222. The number of hydrogen-bond acceptors (Lipinski definition) is 3. The lowest BCUT2D eigenvalue weighted by atomic mass is 10.1. The Bertz CT molecular complexity index is 310. The van der Waals surface area contributed by atoms with Crippen LogP contribution in [-0.2, 0) is 6.42 Å². The molecule has 1 aromatic carbocycles. The summed E-state index contributed by atoms with van der Waals surface area (Å²) in [5, 5.41) is 8.67. The summed E-state index contributed by atoms with van der Waals surface area (Å²) in [7, 11) is 0. The Labute approximate surface area is 88.3 Å². The predicted molar refractivity (Wildman–Crippen MR) is 58.9 cm³/mol. The van der Waals surface area contributed by atoms with Gasteiger partial charge in [0.2, 0.25) is 0 Å². The zero-order chi connectivity index (χ0) is 10.6. The van der Waals surface area contributed by atoms with E-state index in [0.29, 0.717) is 11.3 Å². The van der Waals surface area contributed by atoms with E-state index in [1.807, 2.05) is 0 Å². The first-order valence-corrected chi connectivity index (χ1v) is 4.95. The number of benzene rings is 1. The summed E-state index contributed by atoms with van der Waals surface area (Å²) in [5.74, 6) is -0.282. The maximum Gasteiger partial charge on any atom is 0.335 e. The SMILES string of the molecule is N[C@H](CS)Cc1ccc(C(=O)O)cc1. The summed E-state index contributed by atoms with van der Waals surface area (Å²) < 4.78 is 0. The molecule has 4 heteroatoms. The normalized spacial score (nSPS) is 12.4. The zero-order valence-electron chi connectivity index (χ0n) is 7.68. The summed E-state index contributed by atoms with van der Waals surface area (Å²) in [6, 6.07) is 6.76. The maximum absolute atomic E-state index is 10.6. The third-order valence-electron chi connectivity index (χ3n) is 1.93. The van der Waals surface area contributed by atoms with E-state index in [0.717, 1.165) is 12.0 Å². The highest BCUT2D eigenvalue weighted by Crippen LogP contribution is 2.06. The van der Waals surface area contributed by atoms with E-state index in [-0.39, 0.29) is 6.04 Å².